The van der Waals surface area contributed by atoms with Crippen molar-refractivity contribution in [2.45, 2.75) is 37.8 Å². The van der Waals surface area contributed by atoms with E-state index in [0.29, 0.717) is 22.7 Å². The van der Waals surface area contributed by atoms with Crippen LogP contribution in [0.3, 0.4) is 0 Å². The van der Waals surface area contributed by atoms with Gasteiger partial charge in [-0.25, -0.2) is 4.98 Å². The molecule has 0 aliphatic heterocycles. The van der Waals surface area contributed by atoms with Crippen LogP contribution in [0.5, 0.6) is 0 Å². The molecule has 182 valence electrons. The number of benzene rings is 1. The Kier molecular flexibility index (Phi) is 6.37. The van der Waals surface area contributed by atoms with Crippen LogP contribution < -0.4 is 5.73 Å². The minimum absolute atomic E-state index is 0.206. The fraction of sp³-hybridized carbons (Fsp3) is 0.240. The lowest BCUT2D eigenvalue weighted by Crippen LogP contribution is -2.21. The Morgan fingerprint density at radius 2 is 2.00 bits per heavy atom. The van der Waals surface area contributed by atoms with Gasteiger partial charge in [-0.1, -0.05) is 6.07 Å². The van der Waals surface area contributed by atoms with E-state index < -0.39 is 0 Å². The molecule has 4 aromatic heterocycles. The average Bonchev–Trinajstić information content (AvgIpc) is 3.64. The number of nitrogens with zero attached hydrogens (tertiary/aromatic N) is 5. The summed E-state index contributed by atoms with van der Waals surface area (Å²) < 4.78 is 13.3. The molecule has 1 fully saturated rings. The average molecular weight is 503 g/mol. The van der Waals surface area contributed by atoms with Crippen LogP contribution in [-0.4, -0.2) is 41.9 Å². The lowest BCUT2D eigenvalue weighted by Gasteiger charge is -2.25. The number of aromatic nitrogens is 4. The van der Waals surface area contributed by atoms with Crippen LogP contribution in [0.25, 0.3) is 43.5 Å². The summed E-state index contributed by atoms with van der Waals surface area (Å²) in [5.41, 5.74) is 9.68. The number of hydrogen-bond donors (Lipinski definition) is 3. The fourth-order valence-corrected chi connectivity index (χ4v) is 5.47. The molecule has 1 aromatic carbocycles. The van der Waals surface area contributed by atoms with E-state index in [-0.39, 0.29) is 18.6 Å². The Balaban J connectivity index is 0.000000848. The number of rotatable bonds is 3. The van der Waals surface area contributed by atoms with Crippen LogP contribution >= 0.6 is 11.5 Å². The molecule has 11 heteroatoms. The van der Waals surface area contributed by atoms with Gasteiger partial charge in [-0.15, -0.1) is 0 Å². The smallest absolute Gasteiger partial charge is 0.290 e. The minimum Gasteiger partial charge on any atom is -0.483 e. The molecule has 36 heavy (non-hydrogen) atoms. The van der Waals surface area contributed by atoms with E-state index in [0.717, 1.165) is 57.8 Å². The number of carboxylic acid groups (broad SMARTS) is 1. The zero-order valence-corrected chi connectivity index (χ0v) is 19.9. The largest absolute Gasteiger partial charge is 0.483 e. The van der Waals surface area contributed by atoms with E-state index in [1.54, 1.807) is 18.5 Å². The summed E-state index contributed by atoms with van der Waals surface area (Å²) in [5.74, 6) is 0.856. The first-order valence-electron chi connectivity index (χ1n) is 11.3. The van der Waals surface area contributed by atoms with E-state index in [2.05, 4.69) is 20.5 Å². The van der Waals surface area contributed by atoms with Gasteiger partial charge < -0.3 is 20.4 Å². The van der Waals surface area contributed by atoms with Crippen LogP contribution in [-0.2, 0) is 4.79 Å². The predicted octanol–water partition coefficient (Wildman–Crippen LogP) is 4.60. The van der Waals surface area contributed by atoms with Gasteiger partial charge in [0.25, 0.3) is 6.47 Å². The Morgan fingerprint density at radius 3 is 2.75 bits per heavy atom. The normalized spacial score (nSPS) is 17.4. The van der Waals surface area contributed by atoms with Crippen molar-refractivity contribution in [3.8, 4) is 28.5 Å². The highest BCUT2D eigenvalue weighted by atomic mass is 32.1. The van der Waals surface area contributed by atoms with Gasteiger partial charge in [-0.3, -0.25) is 9.48 Å². The van der Waals surface area contributed by atoms with Crippen LogP contribution in [0.15, 0.2) is 47.4 Å². The van der Waals surface area contributed by atoms with Crippen molar-refractivity contribution in [3.05, 3.63) is 48.5 Å². The van der Waals surface area contributed by atoms with Gasteiger partial charge in [0, 0.05) is 40.5 Å². The molecule has 4 N–H and O–H groups in total. The van der Waals surface area contributed by atoms with Gasteiger partial charge in [0.1, 0.15) is 5.76 Å². The predicted molar refractivity (Wildman–Crippen MR) is 135 cm³/mol. The number of carbonyl (C=O) groups is 1. The summed E-state index contributed by atoms with van der Waals surface area (Å²) in [4.78, 5) is 12.7. The molecule has 6 rings (SSSR count). The van der Waals surface area contributed by atoms with Crippen LogP contribution in [0, 0.1) is 11.3 Å². The number of anilines is 1. The van der Waals surface area contributed by atoms with Gasteiger partial charge >= 0.3 is 0 Å². The van der Waals surface area contributed by atoms with Gasteiger partial charge in [-0.2, -0.15) is 14.7 Å². The topological polar surface area (TPSA) is 164 Å². The molecule has 0 unspecified atom stereocenters. The van der Waals surface area contributed by atoms with E-state index in [1.807, 2.05) is 29.2 Å². The lowest BCUT2D eigenvalue weighted by atomic mass is 9.93. The van der Waals surface area contributed by atoms with Gasteiger partial charge in [-0.05, 0) is 49.3 Å². The van der Waals surface area contributed by atoms with Gasteiger partial charge in [0.15, 0.2) is 11.4 Å². The molecule has 0 atom stereocenters. The van der Waals surface area contributed by atoms with Crippen LogP contribution in [0.4, 0.5) is 5.82 Å². The summed E-state index contributed by atoms with van der Waals surface area (Å²) in [6.45, 7) is -0.250. The molecule has 0 saturated heterocycles. The number of nitrogens with two attached hydrogens (primary N) is 1. The second-order valence-corrected chi connectivity index (χ2v) is 9.33. The molecule has 0 spiro atoms. The van der Waals surface area contributed by atoms with Crippen molar-refractivity contribution in [1.29, 1.82) is 5.26 Å². The number of fused-ring (bicyclic) bond motifs is 2. The molecule has 1 aliphatic rings. The first-order chi connectivity index (χ1) is 17.5. The highest BCUT2D eigenvalue weighted by Gasteiger charge is 2.23. The molecule has 4 heterocycles. The van der Waals surface area contributed by atoms with E-state index in [4.69, 9.17) is 20.1 Å². The third-order valence-corrected chi connectivity index (χ3v) is 7.26. The maximum atomic E-state index is 9.80. The quantitative estimate of drug-likeness (QED) is 0.299. The van der Waals surface area contributed by atoms with Gasteiger partial charge in [0.05, 0.1) is 40.2 Å². The number of hydrogen-bond acceptors (Lipinski definition) is 9. The van der Waals surface area contributed by atoms with E-state index in [9.17, 15) is 10.4 Å². The highest BCUT2D eigenvalue weighted by molar-refractivity contribution is 7.14. The summed E-state index contributed by atoms with van der Waals surface area (Å²) in [5, 5.41) is 32.8. The summed E-state index contributed by atoms with van der Waals surface area (Å²) >= 11 is 1.33. The minimum atomic E-state index is -0.250. The van der Waals surface area contributed by atoms with Gasteiger partial charge in [0.2, 0.25) is 0 Å². The SMILES string of the molecule is N#Cc1ccc2cnsc2c1-c1cc2c(-c3cnn(C4CCC(O)CC4)c3)cnc(N)c2o1.O=CO. The second kappa shape index (κ2) is 9.77. The van der Waals surface area contributed by atoms with E-state index >= 15 is 0 Å². The Hall–Kier alpha value is -4.27. The highest BCUT2D eigenvalue weighted by Crippen LogP contribution is 2.41. The number of pyridine rings is 1. The van der Waals surface area contributed by atoms with Crippen molar-refractivity contribution in [2.75, 3.05) is 5.73 Å². The van der Waals surface area contributed by atoms with Crippen molar-refractivity contribution in [1.82, 2.24) is 19.1 Å². The number of nitriles is 1. The Bertz CT molecular complexity index is 1590. The third-order valence-electron chi connectivity index (χ3n) is 6.43. The molecular weight excluding hydrogens is 480 g/mol. The van der Waals surface area contributed by atoms with Crippen molar-refractivity contribution < 1.29 is 19.4 Å². The molecule has 5 aromatic rings. The lowest BCUT2D eigenvalue weighted by molar-refractivity contribution is -0.122. The molecule has 0 amide bonds. The zero-order valence-electron chi connectivity index (χ0n) is 19.0. The molecule has 10 nitrogen and oxygen atoms in total. The van der Waals surface area contributed by atoms with Crippen molar-refractivity contribution in [2.24, 2.45) is 0 Å². The summed E-state index contributed by atoms with van der Waals surface area (Å²) in [6.07, 6.45) is 10.6. The van der Waals surface area contributed by atoms with Crippen molar-refractivity contribution in [3.63, 3.8) is 0 Å². The molecular formula is C25H22N6O4S. The van der Waals surface area contributed by atoms with Crippen molar-refractivity contribution >= 4 is 44.9 Å². The summed E-state index contributed by atoms with van der Waals surface area (Å²) in [7, 11) is 0. The molecule has 1 saturated carbocycles. The second-order valence-electron chi connectivity index (χ2n) is 8.53. The Morgan fingerprint density at radius 1 is 1.22 bits per heavy atom. The number of nitrogen functional groups attached to an aromatic ring is 1. The molecule has 1 aliphatic carbocycles. The van der Waals surface area contributed by atoms with Crippen LogP contribution in [0.2, 0.25) is 0 Å². The zero-order chi connectivity index (χ0) is 25.2. The third kappa shape index (κ3) is 4.17. The standard InChI is InChI=1S/C24H20N6O2S.CH2O2/c25-8-13-1-2-14-10-29-33-23(14)21(13)20-7-18-19(11-27-24(26)22(18)32-20)15-9-28-30(12-15)16-3-5-17(31)6-4-16;2-1-3/h1-2,7,9-12,16-17,31H,3-6H2,(H2,26,27);1H,(H,2,3). The van der Waals surface area contributed by atoms with Crippen LogP contribution in [0.1, 0.15) is 37.3 Å². The maximum absolute atomic E-state index is 9.80. The summed E-state index contributed by atoms with van der Waals surface area (Å²) in [6, 6.07) is 8.14. The number of furan rings is 1. The monoisotopic (exact) mass is 502 g/mol. The fourth-order valence-electron chi connectivity index (χ4n) is 4.67. The first kappa shape index (κ1) is 23.5. The number of aliphatic hydroxyl groups is 1. The molecule has 0 radical (unpaired) electrons. The maximum Gasteiger partial charge on any atom is 0.290 e. The Labute approximate surface area is 209 Å². The number of aliphatic hydroxyl groups excluding tert-OH is 1. The first-order valence-corrected chi connectivity index (χ1v) is 12.1. The van der Waals surface area contributed by atoms with E-state index in [1.165, 1.54) is 11.5 Å². The molecule has 0 bridgehead atoms.